The van der Waals surface area contributed by atoms with Crippen LogP contribution in [-0.4, -0.2) is 40.7 Å². The summed E-state index contributed by atoms with van der Waals surface area (Å²) in [7, 11) is 3.14. The molecule has 0 aromatic carbocycles. The van der Waals surface area contributed by atoms with Crippen molar-refractivity contribution in [2.75, 3.05) is 19.1 Å². The van der Waals surface area contributed by atoms with Crippen LogP contribution in [0.1, 0.15) is 13.8 Å². The van der Waals surface area contributed by atoms with Gasteiger partial charge >= 0.3 is 5.97 Å². The first-order valence-electron chi connectivity index (χ1n) is 4.72. The van der Waals surface area contributed by atoms with Crippen LogP contribution in [0.2, 0.25) is 0 Å². The number of methoxy groups -OCH3 is 1. The quantitative estimate of drug-likeness (QED) is 0.816. The first-order valence-corrected chi connectivity index (χ1v) is 4.72. The summed E-state index contributed by atoms with van der Waals surface area (Å²) >= 11 is 0. The molecule has 1 heterocycles. The fraction of sp³-hybridized carbons (Fsp3) is 0.500. The molecule has 6 nitrogen and oxygen atoms in total. The molecular weight excluding hydrogens is 210 g/mol. The standard InChI is InChI=1S/C10H15N3O3/c1-10(2,9(14)15)13(3)8-7(16-4)5-11-6-12-8/h5-6H,1-4H3,(H,14,15). The molecule has 0 atom stereocenters. The number of ether oxygens (including phenoxy) is 1. The van der Waals surface area contributed by atoms with Gasteiger partial charge < -0.3 is 14.7 Å². The summed E-state index contributed by atoms with van der Waals surface area (Å²) in [5.74, 6) is -0.0418. The second-order valence-electron chi connectivity index (χ2n) is 3.84. The van der Waals surface area contributed by atoms with E-state index in [9.17, 15) is 4.79 Å². The Balaban J connectivity index is 3.14. The van der Waals surface area contributed by atoms with E-state index in [-0.39, 0.29) is 0 Å². The first kappa shape index (κ1) is 12.2. The zero-order chi connectivity index (χ0) is 12.3. The fourth-order valence-corrected chi connectivity index (χ4v) is 1.11. The Morgan fingerprint density at radius 1 is 1.56 bits per heavy atom. The molecule has 1 aromatic heterocycles. The molecule has 6 heteroatoms. The number of aliphatic carboxylic acids is 1. The van der Waals surface area contributed by atoms with Crippen molar-refractivity contribution in [3.63, 3.8) is 0 Å². The van der Waals surface area contributed by atoms with Crippen LogP contribution in [0.25, 0.3) is 0 Å². The molecule has 0 fully saturated rings. The summed E-state index contributed by atoms with van der Waals surface area (Å²) in [4.78, 5) is 20.5. The number of carbonyl (C=O) groups is 1. The lowest BCUT2D eigenvalue weighted by Crippen LogP contribution is -2.48. The summed E-state index contributed by atoms with van der Waals surface area (Å²) in [6, 6.07) is 0. The SMILES string of the molecule is COc1cncnc1N(C)C(C)(C)C(=O)O. The highest BCUT2D eigenvalue weighted by molar-refractivity contribution is 5.82. The van der Waals surface area contributed by atoms with Gasteiger partial charge in [0.25, 0.3) is 0 Å². The molecule has 0 amide bonds. The zero-order valence-corrected chi connectivity index (χ0v) is 9.76. The molecule has 0 aliphatic heterocycles. The van der Waals surface area contributed by atoms with Crippen molar-refractivity contribution in [1.29, 1.82) is 0 Å². The molecule has 1 N–H and O–H groups in total. The number of aromatic nitrogens is 2. The topological polar surface area (TPSA) is 75.6 Å². The summed E-state index contributed by atoms with van der Waals surface area (Å²) in [5, 5.41) is 9.11. The predicted molar refractivity (Wildman–Crippen MR) is 58.7 cm³/mol. The normalized spacial score (nSPS) is 11.0. The van der Waals surface area contributed by atoms with Gasteiger partial charge in [-0.15, -0.1) is 0 Å². The number of rotatable bonds is 4. The minimum Gasteiger partial charge on any atom is -0.491 e. The van der Waals surface area contributed by atoms with Crippen LogP contribution in [0, 0.1) is 0 Å². The summed E-state index contributed by atoms with van der Waals surface area (Å²) in [5.41, 5.74) is -1.07. The molecule has 88 valence electrons. The smallest absolute Gasteiger partial charge is 0.328 e. The molecule has 1 rings (SSSR count). The number of hydrogen-bond donors (Lipinski definition) is 1. The Morgan fingerprint density at radius 3 is 2.69 bits per heavy atom. The Kier molecular flexibility index (Phi) is 3.31. The lowest BCUT2D eigenvalue weighted by atomic mass is 10.0. The van der Waals surface area contributed by atoms with Gasteiger partial charge in [0.2, 0.25) is 0 Å². The molecule has 0 saturated carbocycles. The maximum Gasteiger partial charge on any atom is 0.328 e. The number of anilines is 1. The molecular formula is C10H15N3O3. The van der Waals surface area contributed by atoms with Gasteiger partial charge in [0.15, 0.2) is 11.6 Å². The number of carboxylic acid groups (broad SMARTS) is 1. The predicted octanol–water partition coefficient (Wildman–Crippen LogP) is 0.785. The fourth-order valence-electron chi connectivity index (χ4n) is 1.11. The highest BCUT2D eigenvalue weighted by Gasteiger charge is 2.34. The van der Waals surface area contributed by atoms with E-state index in [2.05, 4.69) is 9.97 Å². The number of hydrogen-bond acceptors (Lipinski definition) is 5. The van der Waals surface area contributed by atoms with Gasteiger partial charge in [0.1, 0.15) is 11.9 Å². The summed E-state index contributed by atoms with van der Waals surface area (Å²) in [6.07, 6.45) is 2.85. The summed E-state index contributed by atoms with van der Waals surface area (Å²) in [6.45, 7) is 3.19. The maximum atomic E-state index is 11.1. The lowest BCUT2D eigenvalue weighted by molar-refractivity contribution is -0.142. The Labute approximate surface area is 93.9 Å². The van der Waals surface area contributed by atoms with Crippen LogP contribution >= 0.6 is 0 Å². The molecule has 0 unspecified atom stereocenters. The van der Waals surface area contributed by atoms with E-state index in [1.54, 1.807) is 20.9 Å². The third kappa shape index (κ3) is 2.05. The number of likely N-dealkylation sites (N-methyl/N-ethyl adjacent to an activating group) is 1. The van der Waals surface area contributed by atoms with E-state index in [1.807, 2.05) is 0 Å². The van der Waals surface area contributed by atoms with Crippen molar-refractivity contribution >= 4 is 11.8 Å². The molecule has 0 aliphatic rings. The lowest BCUT2D eigenvalue weighted by Gasteiger charge is -2.32. The minimum absolute atomic E-state index is 0.444. The maximum absolute atomic E-state index is 11.1. The van der Waals surface area contributed by atoms with Crippen LogP contribution in [0.3, 0.4) is 0 Å². The van der Waals surface area contributed by atoms with Crippen molar-refractivity contribution in [2.24, 2.45) is 0 Å². The van der Waals surface area contributed by atoms with E-state index in [0.717, 1.165) is 0 Å². The highest BCUT2D eigenvalue weighted by atomic mass is 16.5. The van der Waals surface area contributed by atoms with Gasteiger partial charge in [0, 0.05) is 7.05 Å². The van der Waals surface area contributed by atoms with Gasteiger partial charge in [-0.2, -0.15) is 0 Å². The van der Waals surface area contributed by atoms with Crippen LogP contribution in [-0.2, 0) is 4.79 Å². The van der Waals surface area contributed by atoms with Crippen molar-refractivity contribution in [3.8, 4) is 5.75 Å². The van der Waals surface area contributed by atoms with Gasteiger partial charge in [-0.1, -0.05) is 0 Å². The van der Waals surface area contributed by atoms with Crippen LogP contribution in [0.15, 0.2) is 12.5 Å². The van der Waals surface area contributed by atoms with Crippen molar-refractivity contribution in [2.45, 2.75) is 19.4 Å². The van der Waals surface area contributed by atoms with E-state index in [4.69, 9.17) is 9.84 Å². The molecule has 0 radical (unpaired) electrons. The zero-order valence-electron chi connectivity index (χ0n) is 9.76. The van der Waals surface area contributed by atoms with E-state index < -0.39 is 11.5 Å². The average Bonchev–Trinajstić information content (AvgIpc) is 2.27. The molecule has 0 saturated heterocycles. The average molecular weight is 225 g/mol. The Hall–Kier alpha value is -1.85. The van der Waals surface area contributed by atoms with E-state index in [0.29, 0.717) is 11.6 Å². The van der Waals surface area contributed by atoms with Crippen LogP contribution in [0.4, 0.5) is 5.82 Å². The van der Waals surface area contributed by atoms with Gasteiger partial charge in [-0.3, -0.25) is 0 Å². The Bertz CT molecular complexity index is 393. The van der Waals surface area contributed by atoms with Gasteiger partial charge in [-0.25, -0.2) is 14.8 Å². The Morgan fingerprint density at radius 2 is 2.19 bits per heavy atom. The molecule has 0 bridgehead atoms. The largest absolute Gasteiger partial charge is 0.491 e. The third-order valence-corrected chi connectivity index (χ3v) is 2.56. The van der Waals surface area contributed by atoms with Crippen LogP contribution in [0.5, 0.6) is 5.75 Å². The molecule has 0 spiro atoms. The van der Waals surface area contributed by atoms with E-state index >= 15 is 0 Å². The number of carboxylic acids is 1. The van der Waals surface area contributed by atoms with Crippen molar-refractivity contribution < 1.29 is 14.6 Å². The van der Waals surface area contributed by atoms with Crippen molar-refractivity contribution in [3.05, 3.63) is 12.5 Å². The second-order valence-corrected chi connectivity index (χ2v) is 3.84. The van der Waals surface area contributed by atoms with Gasteiger partial charge in [-0.05, 0) is 13.8 Å². The molecule has 1 aromatic rings. The first-order chi connectivity index (χ1) is 7.41. The van der Waals surface area contributed by atoms with Gasteiger partial charge in [0.05, 0.1) is 13.3 Å². The third-order valence-electron chi connectivity index (χ3n) is 2.56. The molecule has 0 aliphatic carbocycles. The van der Waals surface area contributed by atoms with Crippen LogP contribution < -0.4 is 9.64 Å². The highest BCUT2D eigenvalue weighted by Crippen LogP contribution is 2.28. The van der Waals surface area contributed by atoms with Crippen molar-refractivity contribution in [1.82, 2.24) is 9.97 Å². The monoisotopic (exact) mass is 225 g/mol. The molecule has 16 heavy (non-hydrogen) atoms. The van der Waals surface area contributed by atoms with E-state index in [1.165, 1.54) is 24.5 Å². The second kappa shape index (κ2) is 4.34. The summed E-state index contributed by atoms with van der Waals surface area (Å²) < 4.78 is 5.08. The minimum atomic E-state index is -1.07. The number of nitrogens with zero attached hydrogens (tertiary/aromatic N) is 3.